The minimum Gasteiger partial charge on any atom is -0.452 e. The van der Waals surface area contributed by atoms with Gasteiger partial charge in [0, 0.05) is 5.69 Å². The highest BCUT2D eigenvalue weighted by molar-refractivity contribution is 7.92. The van der Waals surface area contributed by atoms with E-state index in [2.05, 4.69) is 9.71 Å². The number of anilines is 1. The number of para-hydroxylation sites is 3. The Morgan fingerprint density at radius 3 is 2.34 bits per heavy atom. The SMILES string of the molecule is O=C(OCc1nc2ccccc2o1)c1ccc(S(=O)(=O)Nc2ccccc2)cc1. The van der Waals surface area contributed by atoms with Crippen molar-refractivity contribution in [1.29, 1.82) is 0 Å². The molecule has 7 nitrogen and oxygen atoms in total. The third-order valence-corrected chi connectivity index (χ3v) is 5.49. The van der Waals surface area contributed by atoms with Gasteiger partial charge in [-0.05, 0) is 48.5 Å². The van der Waals surface area contributed by atoms with E-state index in [9.17, 15) is 13.2 Å². The molecule has 0 aliphatic rings. The van der Waals surface area contributed by atoms with E-state index in [1.165, 1.54) is 24.3 Å². The summed E-state index contributed by atoms with van der Waals surface area (Å²) < 4.78 is 38.0. The Balaban J connectivity index is 1.42. The Kier molecular flexibility index (Phi) is 5.01. The van der Waals surface area contributed by atoms with E-state index in [4.69, 9.17) is 9.15 Å². The van der Waals surface area contributed by atoms with Gasteiger partial charge in [-0.3, -0.25) is 4.72 Å². The molecule has 0 saturated heterocycles. The molecule has 0 bridgehead atoms. The molecule has 0 aliphatic carbocycles. The molecule has 1 aromatic heterocycles. The fraction of sp³-hybridized carbons (Fsp3) is 0.0476. The number of nitrogens with one attached hydrogen (secondary N) is 1. The fourth-order valence-corrected chi connectivity index (χ4v) is 3.74. The summed E-state index contributed by atoms with van der Waals surface area (Å²) in [5.41, 5.74) is 1.96. The molecule has 0 aliphatic heterocycles. The van der Waals surface area contributed by atoms with Crippen LogP contribution in [0.15, 0.2) is 88.2 Å². The third-order valence-electron chi connectivity index (χ3n) is 4.09. The molecule has 1 N–H and O–H groups in total. The Morgan fingerprint density at radius 2 is 1.62 bits per heavy atom. The third kappa shape index (κ3) is 4.27. The average Bonchev–Trinajstić information content (AvgIpc) is 3.15. The summed E-state index contributed by atoms with van der Waals surface area (Å²) in [5.74, 6) is -0.321. The number of hydrogen-bond acceptors (Lipinski definition) is 6. The number of rotatable bonds is 6. The molecule has 0 spiro atoms. The van der Waals surface area contributed by atoms with Gasteiger partial charge in [-0.2, -0.15) is 0 Å². The van der Waals surface area contributed by atoms with Crippen molar-refractivity contribution < 1.29 is 22.4 Å². The molecular weight excluding hydrogens is 392 g/mol. The lowest BCUT2D eigenvalue weighted by atomic mass is 10.2. The largest absolute Gasteiger partial charge is 0.452 e. The number of hydrogen-bond donors (Lipinski definition) is 1. The van der Waals surface area contributed by atoms with Crippen LogP contribution in [-0.4, -0.2) is 19.4 Å². The molecule has 0 unspecified atom stereocenters. The highest BCUT2D eigenvalue weighted by Gasteiger charge is 2.16. The predicted molar refractivity (Wildman–Crippen MR) is 107 cm³/mol. The van der Waals surface area contributed by atoms with Gasteiger partial charge in [0.25, 0.3) is 10.0 Å². The normalized spacial score (nSPS) is 11.3. The number of aromatic nitrogens is 1. The Bertz CT molecular complexity index is 1220. The molecular formula is C21H16N2O5S. The zero-order valence-corrected chi connectivity index (χ0v) is 15.9. The van der Waals surface area contributed by atoms with Crippen molar-refractivity contribution in [2.24, 2.45) is 0 Å². The van der Waals surface area contributed by atoms with Crippen LogP contribution in [0.5, 0.6) is 0 Å². The lowest BCUT2D eigenvalue weighted by Gasteiger charge is -2.08. The molecule has 4 rings (SSSR count). The number of sulfonamides is 1. The fourth-order valence-electron chi connectivity index (χ4n) is 2.68. The maximum atomic E-state index is 12.4. The maximum Gasteiger partial charge on any atom is 0.338 e. The number of esters is 1. The van der Waals surface area contributed by atoms with Gasteiger partial charge >= 0.3 is 5.97 Å². The van der Waals surface area contributed by atoms with Crippen molar-refractivity contribution in [2.75, 3.05) is 4.72 Å². The van der Waals surface area contributed by atoms with Crippen molar-refractivity contribution in [1.82, 2.24) is 4.98 Å². The van der Waals surface area contributed by atoms with E-state index in [0.717, 1.165) is 0 Å². The zero-order valence-electron chi connectivity index (χ0n) is 15.1. The number of oxazole rings is 1. The van der Waals surface area contributed by atoms with Crippen LogP contribution in [0.4, 0.5) is 5.69 Å². The van der Waals surface area contributed by atoms with Crippen molar-refractivity contribution in [3.05, 3.63) is 90.3 Å². The molecule has 8 heteroatoms. The lowest BCUT2D eigenvalue weighted by Crippen LogP contribution is -2.13. The summed E-state index contributed by atoms with van der Waals surface area (Å²) in [6.07, 6.45) is 0. The first-order chi connectivity index (χ1) is 14.0. The first-order valence-corrected chi connectivity index (χ1v) is 10.2. The molecule has 0 radical (unpaired) electrons. The summed E-state index contributed by atoms with van der Waals surface area (Å²) in [6, 6.07) is 21.3. The second-order valence-corrected chi connectivity index (χ2v) is 7.83. The second-order valence-electron chi connectivity index (χ2n) is 6.15. The molecule has 146 valence electrons. The van der Waals surface area contributed by atoms with Crippen LogP contribution >= 0.6 is 0 Å². The van der Waals surface area contributed by atoms with Gasteiger partial charge in [0.15, 0.2) is 12.2 Å². The molecule has 29 heavy (non-hydrogen) atoms. The number of nitrogens with zero attached hydrogens (tertiary/aromatic N) is 1. The van der Waals surface area contributed by atoms with Crippen LogP contribution in [0.1, 0.15) is 16.2 Å². The van der Waals surface area contributed by atoms with E-state index in [1.807, 2.05) is 12.1 Å². The number of benzene rings is 3. The van der Waals surface area contributed by atoms with E-state index >= 15 is 0 Å². The van der Waals surface area contributed by atoms with Crippen molar-refractivity contribution >= 4 is 32.8 Å². The number of ether oxygens (including phenoxy) is 1. The number of carbonyl (C=O) groups excluding carboxylic acids is 1. The number of fused-ring (bicyclic) bond motifs is 1. The van der Waals surface area contributed by atoms with Crippen molar-refractivity contribution in [2.45, 2.75) is 11.5 Å². The molecule has 1 heterocycles. The number of carbonyl (C=O) groups is 1. The quantitative estimate of drug-likeness (QED) is 0.485. The van der Waals surface area contributed by atoms with E-state index < -0.39 is 16.0 Å². The maximum absolute atomic E-state index is 12.4. The standard InChI is InChI=1S/C21H16N2O5S/c24-21(27-14-20-22-18-8-4-5-9-19(18)28-20)15-10-12-17(13-11-15)29(25,26)23-16-6-2-1-3-7-16/h1-13,23H,14H2. The van der Waals surface area contributed by atoms with E-state index in [0.29, 0.717) is 16.8 Å². The first-order valence-electron chi connectivity index (χ1n) is 8.71. The average molecular weight is 408 g/mol. The lowest BCUT2D eigenvalue weighted by molar-refractivity contribution is 0.0440. The monoisotopic (exact) mass is 408 g/mol. The van der Waals surface area contributed by atoms with Crippen LogP contribution in [0.2, 0.25) is 0 Å². The predicted octanol–water partition coefficient (Wildman–Crippen LogP) is 3.99. The summed E-state index contributed by atoms with van der Waals surface area (Å²) in [4.78, 5) is 16.5. The molecule has 3 aromatic carbocycles. The van der Waals surface area contributed by atoms with Crippen molar-refractivity contribution in [3.8, 4) is 0 Å². The summed E-state index contributed by atoms with van der Waals surface area (Å²) in [5, 5.41) is 0. The van der Waals surface area contributed by atoms with E-state index in [-0.39, 0.29) is 23.0 Å². The van der Waals surface area contributed by atoms with Crippen LogP contribution < -0.4 is 4.72 Å². The molecule has 4 aromatic rings. The smallest absolute Gasteiger partial charge is 0.338 e. The van der Waals surface area contributed by atoms with Gasteiger partial charge in [-0.25, -0.2) is 18.2 Å². The Hall–Kier alpha value is -3.65. The Morgan fingerprint density at radius 1 is 0.931 bits per heavy atom. The molecule has 0 amide bonds. The van der Waals surface area contributed by atoms with Gasteiger partial charge in [-0.1, -0.05) is 30.3 Å². The van der Waals surface area contributed by atoms with Crippen LogP contribution in [-0.2, 0) is 21.4 Å². The minimum atomic E-state index is -3.75. The topological polar surface area (TPSA) is 98.5 Å². The van der Waals surface area contributed by atoms with Crippen LogP contribution in [0.3, 0.4) is 0 Å². The van der Waals surface area contributed by atoms with Crippen LogP contribution in [0.25, 0.3) is 11.1 Å². The summed E-state index contributed by atoms with van der Waals surface area (Å²) in [6.45, 7) is -0.122. The second kappa shape index (κ2) is 7.76. The van der Waals surface area contributed by atoms with E-state index in [1.54, 1.807) is 42.5 Å². The zero-order chi connectivity index (χ0) is 20.3. The van der Waals surface area contributed by atoms with Gasteiger partial charge in [-0.15, -0.1) is 0 Å². The molecule has 0 fully saturated rings. The first kappa shape index (κ1) is 18.7. The van der Waals surface area contributed by atoms with Gasteiger partial charge in [0.2, 0.25) is 5.89 Å². The summed E-state index contributed by atoms with van der Waals surface area (Å²) in [7, 11) is -3.75. The van der Waals surface area contributed by atoms with Gasteiger partial charge in [0.1, 0.15) is 5.52 Å². The van der Waals surface area contributed by atoms with Crippen molar-refractivity contribution in [3.63, 3.8) is 0 Å². The molecule has 0 atom stereocenters. The van der Waals surface area contributed by atoms with Gasteiger partial charge in [0.05, 0.1) is 10.5 Å². The minimum absolute atomic E-state index is 0.0388. The summed E-state index contributed by atoms with van der Waals surface area (Å²) >= 11 is 0. The highest BCUT2D eigenvalue weighted by Crippen LogP contribution is 2.18. The highest BCUT2D eigenvalue weighted by atomic mass is 32.2. The van der Waals surface area contributed by atoms with Gasteiger partial charge < -0.3 is 9.15 Å². The Labute approximate surface area is 167 Å². The molecule has 0 saturated carbocycles. The van der Waals surface area contributed by atoms with Crippen LogP contribution in [0, 0.1) is 0 Å².